The molecular weight excluding hydrogens is 336 g/mol. The fourth-order valence-corrected chi connectivity index (χ4v) is 4.78. The van der Waals surface area contributed by atoms with E-state index in [9.17, 15) is 0 Å². The number of piperidine rings is 1. The molecule has 2 aromatic carbocycles. The smallest absolute Gasteiger partial charge is 0.161 e. The second kappa shape index (κ2) is 7.53. The van der Waals surface area contributed by atoms with Crippen molar-refractivity contribution in [1.29, 1.82) is 0 Å². The standard InChI is InChI=1S/C23H30N2O2/c1-4-15-6-5-7-16(10-15)19-14-25-9-8-17-11-22(26-2)23(27-3)12-18(17)21(25)13-20(19)24/h5-7,10-12,19-21H,4,8-9,13-14,24H2,1-3H3/t19-,20+,21?/m1/s1. The van der Waals surface area contributed by atoms with E-state index in [4.69, 9.17) is 15.2 Å². The van der Waals surface area contributed by atoms with Gasteiger partial charge in [0.05, 0.1) is 14.2 Å². The molecule has 0 aliphatic carbocycles. The fraction of sp³-hybridized carbons (Fsp3) is 0.478. The van der Waals surface area contributed by atoms with Crippen LogP contribution >= 0.6 is 0 Å². The Bertz CT molecular complexity index is 820. The van der Waals surface area contributed by atoms with Gasteiger partial charge in [-0.2, -0.15) is 0 Å². The summed E-state index contributed by atoms with van der Waals surface area (Å²) in [6.45, 7) is 4.30. The van der Waals surface area contributed by atoms with E-state index in [0.717, 1.165) is 43.9 Å². The maximum atomic E-state index is 6.71. The van der Waals surface area contributed by atoms with Gasteiger partial charge in [0.1, 0.15) is 0 Å². The van der Waals surface area contributed by atoms with Crippen molar-refractivity contribution >= 4 is 0 Å². The van der Waals surface area contributed by atoms with Crippen molar-refractivity contribution in [2.75, 3.05) is 27.3 Å². The lowest BCUT2D eigenvalue weighted by Gasteiger charge is -2.46. The minimum absolute atomic E-state index is 0.164. The van der Waals surface area contributed by atoms with Crippen molar-refractivity contribution in [1.82, 2.24) is 4.90 Å². The van der Waals surface area contributed by atoms with Gasteiger partial charge in [-0.25, -0.2) is 0 Å². The third-order valence-electron chi connectivity index (χ3n) is 6.34. The molecule has 1 unspecified atom stereocenters. The summed E-state index contributed by atoms with van der Waals surface area (Å²) < 4.78 is 11.0. The molecule has 0 radical (unpaired) electrons. The minimum atomic E-state index is 0.164. The van der Waals surface area contributed by atoms with Gasteiger partial charge in [-0.3, -0.25) is 4.90 Å². The van der Waals surface area contributed by atoms with E-state index in [-0.39, 0.29) is 6.04 Å². The van der Waals surface area contributed by atoms with Gasteiger partial charge in [0.15, 0.2) is 11.5 Å². The van der Waals surface area contributed by atoms with E-state index in [2.05, 4.69) is 48.2 Å². The Morgan fingerprint density at radius 2 is 1.89 bits per heavy atom. The Kier molecular flexibility index (Phi) is 5.11. The number of fused-ring (bicyclic) bond motifs is 3. The van der Waals surface area contributed by atoms with Crippen molar-refractivity contribution in [3.8, 4) is 11.5 Å². The topological polar surface area (TPSA) is 47.7 Å². The Labute approximate surface area is 162 Å². The normalized spacial score (nSPS) is 24.8. The first-order valence-electron chi connectivity index (χ1n) is 9.97. The number of aryl methyl sites for hydroxylation is 1. The molecule has 2 aromatic rings. The first kappa shape index (κ1) is 18.3. The average molecular weight is 367 g/mol. The quantitative estimate of drug-likeness (QED) is 0.897. The molecule has 2 aliphatic heterocycles. The van der Waals surface area contributed by atoms with Gasteiger partial charge in [-0.15, -0.1) is 0 Å². The molecule has 1 fully saturated rings. The van der Waals surface area contributed by atoms with Crippen molar-refractivity contribution in [3.63, 3.8) is 0 Å². The van der Waals surface area contributed by atoms with Crippen molar-refractivity contribution in [2.45, 2.75) is 44.2 Å². The highest BCUT2D eigenvalue weighted by atomic mass is 16.5. The Morgan fingerprint density at radius 3 is 2.63 bits per heavy atom. The molecule has 4 nitrogen and oxygen atoms in total. The van der Waals surface area contributed by atoms with E-state index < -0.39 is 0 Å². The second-order valence-corrected chi connectivity index (χ2v) is 7.77. The summed E-state index contributed by atoms with van der Waals surface area (Å²) in [6, 6.07) is 13.8. The minimum Gasteiger partial charge on any atom is -0.493 e. The molecule has 0 bridgehead atoms. The number of hydrogen-bond acceptors (Lipinski definition) is 4. The summed E-state index contributed by atoms with van der Waals surface area (Å²) in [4.78, 5) is 2.61. The molecule has 1 saturated heterocycles. The van der Waals surface area contributed by atoms with Crippen LogP contribution in [0.2, 0.25) is 0 Å². The summed E-state index contributed by atoms with van der Waals surface area (Å²) in [5, 5.41) is 0. The Balaban J connectivity index is 1.63. The van der Waals surface area contributed by atoms with Gasteiger partial charge in [-0.1, -0.05) is 31.2 Å². The van der Waals surface area contributed by atoms with Crippen LogP contribution in [0.25, 0.3) is 0 Å². The van der Waals surface area contributed by atoms with Gasteiger partial charge >= 0.3 is 0 Å². The van der Waals surface area contributed by atoms with Crippen LogP contribution in [0.4, 0.5) is 0 Å². The highest BCUT2D eigenvalue weighted by Gasteiger charge is 2.38. The lowest BCUT2D eigenvalue weighted by atomic mass is 9.78. The Morgan fingerprint density at radius 1 is 1.11 bits per heavy atom. The molecule has 3 atom stereocenters. The number of benzene rings is 2. The lowest BCUT2D eigenvalue weighted by Crippen LogP contribution is -2.49. The van der Waals surface area contributed by atoms with Crippen molar-refractivity contribution < 1.29 is 9.47 Å². The zero-order chi connectivity index (χ0) is 19.0. The summed E-state index contributed by atoms with van der Waals surface area (Å²) in [6.07, 6.45) is 3.09. The van der Waals surface area contributed by atoms with Crippen LogP contribution in [0.1, 0.15) is 47.6 Å². The van der Waals surface area contributed by atoms with Gasteiger partial charge in [0.2, 0.25) is 0 Å². The van der Waals surface area contributed by atoms with Gasteiger partial charge in [0, 0.05) is 31.1 Å². The third-order valence-corrected chi connectivity index (χ3v) is 6.34. The van der Waals surface area contributed by atoms with Crippen LogP contribution in [0.5, 0.6) is 11.5 Å². The van der Waals surface area contributed by atoms with E-state index in [1.165, 1.54) is 22.3 Å². The van der Waals surface area contributed by atoms with E-state index in [1.807, 2.05) is 0 Å². The molecule has 0 spiro atoms. The largest absolute Gasteiger partial charge is 0.493 e. The van der Waals surface area contributed by atoms with Crippen LogP contribution in [-0.4, -0.2) is 38.3 Å². The first-order valence-corrected chi connectivity index (χ1v) is 9.97. The highest BCUT2D eigenvalue weighted by Crippen LogP contribution is 2.44. The average Bonchev–Trinajstić information content (AvgIpc) is 2.72. The summed E-state index contributed by atoms with van der Waals surface area (Å²) in [5.74, 6) is 2.03. The van der Waals surface area contributed by atoms with Gasteiger partial charge < -0.3 is 15.2 Å². The number of ether oxygens (including phenoxy) is 2. The molecule has 2 N–H and O–H groups in total. The number of rotatable bonds is 4. The van der Waals surface area contributed by atoms with Gasteiger partial charge in [0.25, 0.3) is 0 Å². The van der Waals surface area contributed by atoms with Crippen LogP contribution in [0, 0.1) is 0 Å². The fourth-order valence-electron chi connectivity index (χ4n) is 4.78. The molecule has 27 heavy (non-hydrogen) atoms. The monoisotopic (exact) mass is 366 g/mol. The molecule has 2 aliphatic rings. The maximum Gasteiger partial charge on any atom is 0.161 e. The summed E-state index contributed by atoms with van der Waals surface area (Å²) in [5.41, 5.74) is 12.2. The third kappa shape index (κ3) is 3.32. The molecule has 0 amide bonds. The van der Waals surface area contributed by atoms with Crippen LogP contribution in [0.3, 0.4) is 0 Å². The zero-order valence-electron chi connectivity index (χ0n) is 16.6. The van der Waals surface area contributed by atoms with E-state index in [0.29, 0.717) is 12.0 Å². The summed E-state index contributed by atoms with van der Waals surface area (Å²) in [7, 11) is 3.40. The van der Waals surface area contributed by atoms with Crippen molar-refractivity contribution in [2.24, 2.45) is 5.73 Å². The SMILES string of the molecule is CCc1cccc([C@H]2CN3CCc4cc(OC)c(OC)cc4C3C[C@@H]2N)c1. The van der Waals surface area contributed by atoms with E-state index in [1.54, 1.807) is 14.2 Å². The number of nitrogens with two attached hydrogens (primary N) is 1. The van der Waals surface area contributed by atoms with E-state index >= 15 is 0 Å². The molecular formula is C23H30N2O2. The molecule has 0 aromatic heterocycles. The zero-order valence-corrected chi connectivity index (χ0v) is 16.6. The first-order chi connectivity index (χ1) is 13.1. The predicted octanol–water partition coefficient (Wildman–Crippen LogP) is 3.68. The second-order valence-electron chi connectivity index (χ2n) is 7.77. The maximum absolute atomic E-state index is 6.71. The molecule has 4 heteroatoms. The summed E-state index contributed by atoms with van der Waals surface area (Å²) >= 11 is 0. The van der Waals surface area contributed by atoms with Crippen molar-refractivity contribution in [3.05, 3.63) is 58.7 Å². The highest BCUT2D eigenvalue weighted by molar-refractivity contribution is 5.50. The number of methoxy groups -OCH3 is 2. The van der Waals surface area contributed by atoms with Crippen LogP contribution in [-0.2, 0) is 12.8 Å². The molecule has 4 rings (SSSR count). The molecule has 144 valence electrons. The lowest BCUT2D eigenvalue weighted by molar-refractivity contribution is 0.109. The van der Waals surface area contributed by atoms with Gasteiger partial charge in [-0.05, 0) is 53.6 Å². The number of hydrogen-bond donors (Lipinski definition) is 1. The van der Waals surface area contributed by atoms with Crippen LogP contribution < -0.4 is 15.2 Å². The number of nitrogens with zero attached hydrogens (tertiary/aromatic N) is 1. The predicted molar refractivity (Wildman–Crippen MR) is 109 cm³/mol. The molecule has 0 saturated carbocycles. The van der Waals surface area contributed by atoms with Crippen LogP contribution in [0.15, 0.2) is 36.4 Å². The Hall–Kier alpha value is -2.04. The molecule has 2 heterocycles.